The van der Waals surface area contributed by atoms with Gasteiger partial charge >= 0.3 is 0 Å². The van der Waals surface area contributed by atoms with Crippen LogP contribution in [0.3, 0.4) is 0 Å². The molecule has 1 heterocycles. The number of aliphatic hydroxyl groups excluding tert-OH is 1. The van der Waals surface area contributed by atoms with Crippen molar-refractivity contribution in [3.63, 3.8) is 0 Å². The van der Waals surface area contributed by atoms with Gasteiger partial charge in [-0.25, -0.2) is 4.68 Å². The number of hydrogen-bond acceptors (Lipinski definition) is 2. The van der Waals surface area contributed by atoms with Crippen molar-refractivity contribution in [1.82, 2.24) is 9.78 Å². The van der Waals surface area contributed by atoms with E-state index in [4.69, 9.17) is 16.7 Å². The lowest BCUT2D eigenvalue weighted by atomic mass is 10.2. The predicted octanol–water partition coefficient (Wildman–Crippen LogP) is 2.68. The zero-order valence-electron chi connectivity index (χ0n) is 9.94. The molecule has 0 aliphatic carbocycles. The van der Waals surface area contributed by atoms with Gasteiger partial charge in [-0.2, -0.15) is 5.10 Å². The highest BCUT2D eigenvalue weighted by Gasteiger charge is 2.08. The first-order chi connectivity index (χ1) is 8.11. The van der Waals surface area contributed by atoms with Gasteiger partial charge in [-0.3, -0.25) is 0 Å². The number of hydrogen-bond donors (Lipinski definition) is 1. The molecular formula is C13H15ClN2O. The minimum absolute atomic E-state index is 0.140. The summed E-state index contributed by atoms with van der Waals surface area (Å²) in [6.07, 6.45) is 2.58. The highest BCUT2D eigenvalue weighted by molar-refractivity contribution is 6.30. The average molecular weight is 251 g/mol. The number of benzene rings is 1. The molecule has 4 heteroatoms. The Labute approximate surface area is 106 Å². The van der Waals surface area contributed by atoms with E-state index < -0.39 is 0 Å². The third kappa shape index (κ3) is 2.51. The van der Waals surface area contributed by atoms with Crippen molar-refractivity contribution in [1.29, 1.82) is 0 Å². The molecule has 3 nitrogen and oxygen atoms in total. The van der Waals surface area contributed by atoms with Crippen molar-refractivity contribution in [3.8, 4) is 5.69 Å². The maximum atomic E-state index is 8.96. The van der Waals surface area contributed by atoms with E-state index in [1.807, 2.05) is 42.9 Å². The van der Waals surface area contributed by atoms with Crippen molar-refractivity contribution in [2.45, 2.75) is 20.3 Å². The molecule has 1 N–H and O–H groups in total. The molecule has 2 aromatic rings. The van der Waals surface area contributed by atoms with Gasteiger partial charge in [0.25, 0.3) is 0 Å². The Balaban J connectivity index is 2.45. The Morgan fingerprint density at radius 2 is 2.12 bits per heavy atom. The summed E-state index contributed by atoms with van der Waals surface area (Å²) in [6, 6.07) is 5.73. The van der Waals surface area contributed by atoms with Crippen molar-refractivity contribution >= 4 is 11.6 Å². The molecule has 1 aromatic carbocycles. The molecule has 0 aliphatic rings. The third-order valence-electron chi connectivity index (χ3n) is 2.80. The molecule has 0 radical (unpaired) electrons. The highest BCUT2D eigenvalue weighted by atomic mass is 35.5. The van der Waals surface area contributed by atoms with Crippen LogP contribution in [-0.4, -0.2) is 21.5 Å². The van der Waals surface area contributed by atoms with Gasteiger partial charge in [0.2, 0.25) is 0 Å². The fourth-order valence-corrected chi connectivity index (χ4v) is 1.98. The van der Waals surface area contributed by atoms with E-state index in [0.29, 0.717) is 11.4 Å². The molecule has 0 amide bonds. The molecule has 1 aromatic heterocycles. The largest absolute Gasteiger partial charge is 0.396 e. The topological polar surface area (TPSA) is 38.0 Å². The van der Waals surface area contributed by atoms with Gasteiger partial charge in [-0.15, -0.1) is 0 Å². The predicted molar refractivity (Wildman–Crippen MR) is 68.8 cm³/mol. The van der Waals surface area contributed by atoms with Crippen LogP contribution in [0.1, 0.15) is 16.8 Å². The first kappa shape index (κ1) is 12.1. The minimum atomic E-state index is 0.140. The van der Waals surface area contributed by atoms with Crippen LogP contribution >= 0.6 is 11.6 Å². The van der Waals surface area contributed by atoms with Crippen LogP contribution in [0.5, 0.6) is 0 Å². The van der Waals surface area contributed by atoms with Gasteiger partial charge < -0.3 is 5.11 Å². The lowest BCUT2D eigenvalue weighted by Crippen LogP contribution is -1.97. The van der Waals surface area contributed by atoms with E-state index in [0.717, 1.165) is 22.5 Å². The highest BCUT2D eigenvalue weighted by Crippen LogP contribution is 2.20. The fourth-order valence-electron chi connectivity index (χ4n) is 1.81. The lowest BCUT2D eigenvalue weighted by molar-refractivity contribution is 0.299. The van der Waals surface area contributed by atoms with Gasteiger partial charge in [0.1, 0.15) is 0 Å². The average Bonchev–Trinajstić information content (AvgIpc) is 2.64. The smallest absolute Gasteiger partial charge is 0.0689 e. The Kier molecular flexibility index (Phi) is 3.50. The summed E-state index contributed by atoms with van der Waals surface area (Å²) < 4.78 is 1.82. The summed E-state index contributed by atoms with van der Waals surface area (Å²) in [6.45, 7) is 4.11. The monoisotopic (exact) mass is 250 g/mol. The number of aromatic nitrogens is 2. The van der Waals surface area contributed by atoms with Crippen LogP contribution in [-0.2, 0) is 6.42 Å². The molecular weight excluding hydrogens is 236 g/mol. The summed E-state index contributed by atoms with van der Waals surface area (Å²) in [4.78, 5) is 0. The quantitative estimate of drug-likeness (QED) is 0.910. The van der Waals surface area contributed by atoms with Gasteiger partial charge in [-0.05, 0) is 43.5 Å². The maximum Gasteiger partial charge on any atom is 0.0689 e. The summed E-state index contributed by atoms with van der Waals surface area (Å²) in [7, 11) is 0. The second-order valence-electron chi connectivity index (χ2n) is 4.09. The standard InChI is InChI=1S/C13H15ClN2O/c1-9-3-4-12(14)7-13(9)16-8-11(5-6-17)10(2)15-16/h3-4,7-8,17H,5-6H2,1-2H3. The Bertz CT molecular complexity index is 534. The van der Waals surface area contributed by atoms with Crippen LogP contribution in [0.2, 0.25) is 5.02 Å². The van der Waals surface area contributed by atoms with E-state index in [2.05, 4.69) is 5.10 Å². The van der Waals surface area contributed by atoms with E-state index in [1.165, 1.54) is 0 Å². The molecule has 0 aliphatic heterocycles. The van der Waals surface area contributed by atoms with Crippen molar-refractivity contribution in [2.24, 2.45) is 0 Å². The second-order valence-corrected chi connectivity index (χ2v) is 4.53. The van der Waals surface area contributed by atoms with Crippen LogP contribution < -0.4 is 0 Å². The zero-order chi connectivity index (χ0) is 12.4. The Morgan fingerprint density at radius 3 is 2.82 bits per heavy atom. The molecule has 90 valence electrons. The SMILES string of the molecule is Cc1ccc(Cl)cc1-n1cc(CCO)c(C)n1. The molecule has 0 atom stereocenters. The summed E-state index contributed by atoms with van der Waals surface area (Å²) in [5.41, 5.74) is 4.10. The normalized spacial score (nSPS) is 10.8. The van der Waals surface area contributed by atoms with Gasteiger partial charge in [-0.1, -0.05) is 17.7 Å². The van der Waals surface area contributed by atoms with Crippen molar-refractivity contribution in [3.05, 3.63) is 46.2 Å². The summed E-state index contributed by atoms with van der Waals surface area (Å²) >= 11 is 5.99. The van der Waals surface area contributed by atoms with Gasteiger partial charge in [0.05, 0.1) is 11.4 Å². The Hall–Kier alpha value is -1.32. The molecule has 0 saturated carbocycles. The van der Waals surface area contributed by atoms with Crippen LogP contribution in [0, 0.1) is 13.8 Å². The zero-order valence-corrected chi connectivity index (χ0v) is 10.7. The Morgan fingerprint density at radius 1 is 1.35 bits per heavy atom. The van der Waals surface area contributed by atoms with E-state index >= 15 is 0 Å². The number of aryl methyl sites for hydroxylation is 2. The number of nitrogens with zero attached hydrogens (tertiary/aromatic N) is 2. The van der Waals surface area contributed by atoms with Gasteiger partial charge in [0.15, 0.2) is 0 Å². The third-order valence-corrected chi connectivity index (χ3v) is 3.03. The molecule has 17 heavy (non-hydrogen) atoms. The summed E-state index contributed by atoms with van der Waals surface area (Å²) in [5.74, 6) is 0. The lowest BCUT2D eigenvalue weighted by Gasteiger charge is -2.05. The number of rotatable bonds is 3. The second kappa shape index (κ2) is 4.90. The minimum Gasteiger partial charge on any atom is -0.396 e. The molecule has 0 bridgehead atoms. The molecule has 0 saturated heterocycles. The van der Waals surface area contributed by atoms with Gasteiger partial charge in [0, 0.05) is 17.8 Å². The first-order valence-corrected chi connectivity index (χ1v) is 5.92. The fraction of sp³-hybridized carbons (Fsp3) is 0.308. The number of aliphatic hydroxyl groups is 1. The van der Waals surface area contributed by atoms with E-state index in [1.54, 1.807) is 0 Å². The molecule has 0 fully saturated rings. The van der Waals surface area contributed by atoms with Crippen molar-refractivity contribution < 1.29 is 5.11 Å². The van der Waals surface area contributed by atoms with E-state index in [-0.39, 0.29) is 6.61 Å². The summed E-state index contributed by atoms with van der Waals surface area (Å²) in [5, 5.41) is 14.1. The van der Waals surface area contributed by atoms with Crippen LogP contribution in [0.15, 0.2) is 24.4 Å². The first-order valence-electron chi connectivity index (χ1n) is 5.54. The molecule has 0 unspecified atom stereocenters. The van der Waals surface area contributed by atoms with Crippen molar-refractivity contribution in [2.75, 3.05) is 6.61 Å². The molecule has 0 spiro atoms. The maximum absolute atomic E-state index is 8.96. The van der Waals surface area contributed by atoms with Crippen LogP contribution in [0.25, 0.3) is 5.69 Å². The molecule has 2 rings (SSSR count). The number of halogens is 1. The van der Waals surface area contributed by atoms with E-state index in [9.17, 15) is 0 Å². The van der Waals surface area contributed by atoms with Crippen LogP contribution in [0.4, 0.5) is 0 Å².